The summed E-state index contributed by atoms with van der Waals surface area (Å²) in [6.45, 7) is 5.50. The maximum absolute atomic E-state index is 5.86. The molecule has 1 heterocycles. The molecule has 0 atom stereocenters. The highest BCUT2D eigenvalue weighted by Crippen LogP contribution is 2.36. The Morgan fingerprint density at radius 3 is 2.46 bits per heavy atom. The number of hydrogen-bond donors (Lipinski definition) is 1. The first-order valence-electron chi connectivity index (χ1n) is 5.61. The fourth-order valence-corrected chi connectivity index (χ4v) is 2.25. The van der Waals surface area contributed by atoms with E-state index in [2.05, 4.69) is 12.2 Å². The molecular formula is C11H21NO. The molecule has 1 aliphatic carbocycles. The Morgan fingerprint density at radius 2 is 1.92 bits per heavy atom. The first-order valence-corrected chi connectivity index (χ1v) is 5.61. The van der Waals surface area contributed by atoms with Crippen LogP contribution >= 0.6 is 0 Å². The molecule has 2 nitrogen and oxygen atoms in total. The molecule has 1 saturated heterocycles. The predicted octanol–water partition coefficient (Wildman–Crippen LogP) is 1.95. The Labute approximate surface area is 81.0 Å². The summed E-state index contributed by atoms with van der Waals surface area (Å²) in [5.41, 5.74) is 0.494. The summed E-state index contributed by atoms with van der Waals surface area (Å²) >= 11 is 0. The van der Waals surface area contributed by atoms with Crippen molar-refractivity contribution in [2.75, 3.05) is 19.7 Å². The zero-order valence-corrected chi connectivity index (χ0v) is 8.64. The molecule has 2 aliphatic rings. The summed E-state index contributed by atoms with van der Waals surface area (Å²) in [5.74, 6) is 0. The van der Waals surface area contributed by atoms with Crippen molar-refractivity contribution in [2.45, 2.75) is 45.1 Å². The van der Waals surface area contributed by atoms with Gasteiger partial charge in [0.1, 0.15) is 0 Å². The molecule has 0 aromatic carbocycles. The lowest BCUT2D eigenvalue weighted by molar-refractivity contribution is -0.0381. The minimum Gasteiger partial charge on any atom is -0.375 e. The van der Waals surface area contributed by atoms with Gasteiger partial charge in [0.2, 0.25) is 0 Å². The van der Waals surface area contributed by atoms with Crippen LogP contribution in [0.4, 0.5) is 0 Å². The molecule has 2 rings (SSSR count). The molecule has 1 aliphatic heterocycles. The Bertz CT molecular complexity index is 159. The van der Waals surface area contributed by atoms with Gasteiger partial charge in [-0.2, -0.15) is 0 Å². The smallest absolute Gasteiger partial charge is 0.0823 e. The van der Waals surface area contributed by atoms with Crippen molar-refractivity contribution < 1.29 is 4.74 Å². The van der Waals surface area contributed by atoms with Crippen molar-refractivity contribution in [1.29, 1.82) is 0 Å². The van der Waals surface area contributed by atoms with Gasteiger partial charge in [-0.25, -0.2) is 0 Å². The van der Waals surface area contributed by atoms with Crippen LogP contribution in [0.3, 0.4) is 0 Å². The number of rotatable bonds is 3. The minimum atomic E-state index is 0.494. The van der Waals surface area contributed by atoms with Crippen LogP contribution in [0.25, 0.3) is 0 Å². The van der Waals surface area contributed by atoms with Gasteiger partial charge in [0.05, 0.1) is 12.7 Å². The van der Waals surface area contributed by atoms with Crippen molar-refractivity contribution >= 4 is 0 Å². The van der Waals surface area contributed by atoms with Crippen LogP contribution in [0, 0.1) is 5.41 Å². The van der Waals surface area contributed by atoms with Crippen LogP contribution in [0.2, 0.25) is 0 Å². The summed E-state index contributed by atoms with van der Waals surface area (Å²) in [4.78, 5) is 0. The van der Waals surface area contributed by atoms with Gasteiger partial charge >= 0.3 is 0 Å². The first kappa shape index (κ1) is 9.47. The molecule has 0 unspecified atom stereocenters. The van der Waals surface area contributed by atoms with Crippen molar-refractivity contribution in [1.82, 2.24) is 5.32 Å². The molecule has 0 amide bonds. The summed E-state index contributed by atoms with van der Waals surface area (Å²) in [6, 6.07) is 0. The maximum Gasteiger partial charge on any atom is 0.0823 e. The van der Waals surface area contributed by atoms with Crippen LogP contribution in [0.5, 0.6) is 0 Å². The van der Waals surface area contributed by atoms with Crippen molar-refractivity contribution in [3.8, 4) is 0 Å². The average Bonchev–Trinajstić information content (AvgIpc) is 2.02. The lowest BCUT2D eigenvalue weighted by Crippen LogP contribution is -2.49. The molecule has 1 N–H and O–H groups in total. The predicted molar refractivity (Wildman–Crippen MR) is 53.8 cm³/mol. The second kappa shape index (κ2) is 3.97. The van der Waals surface area contributed by atoms with E-state index in [1.807, 2.05) is 0 Å². The molecule has 1 saturated carbocycles. The molecule has 0 spiro atoms. The van der Waals surface area contributed by atoms with E-state index in [1.54, 1.807) is 0 Å². The highest BCUT2D eigenvalue weighted by atomic mass is 16.5. The van der Waals surface area contributed by atoms with Crippen LogP contribution in [-0.4, -0.2) is 25.8 Å². The highest BCUT2D eigenvalue weighted by molar-refractivity contribution is 4.81. The summed E-state index contributed by atoms with van der Waals surface area (Å²) in [5, 5.41) is 3.24. The highest BCUT2D eigenvalue weighted by Gasteiger charge is 2.29. The van der Waals surface area contributed by atoms with Gasteiger partial charge < -0.3 is 10.1 Å². The number of nitrogens with one attached hydrogen (secondary N) is 1. The summed E-state index contributed by atoms with van der Waals surface area (Å²) in [7, 11) is 0. The number of ether oxygens (including phenoxy) is 1. The van der Waals surface area contributed by atoms with Gasteiger partial charge in [-0.05, 0) is 18.3 Å². The van der Waals surface area contributed by atoms with Crippen molar-refractivity contribution in [2.24, 2.45) is 5.41 Å². The van der Waals surface area contributed by atoms with Gasteiger partial charge in [-0.15, -0.1) is 0 Å². The van der Waals surface area contributed by atoms with E-state index < -0.39 is 0 Å². The second-order valence-electron chi connectivity index (χ2n) is 4.96. The van der Waals surface area contributed by atoms with Crippen LogP contribution in [-0.2, 0) is 4.74 Å². The average molecular weight is 183 g/mol. The van der Waals surface area contributed by atoms with Crippen molar-refractivity contribution in [3.05, 3.63) is 0 Å². The first-order chi connectivity index (χ1) is 6.29. The zero-order valence-electron chi connectivity index (χ0n) is 8.64. The Morgan fingerprint density at radius 1 is 1.23 bits per heavy atom. The quantitative estimate of drug-likeness (QED) is 0.722. The van der Waals surface area contributed by atoms with Crippen molar-refractivity contribution in [3.63, 3.8) is 0 Å². The topological polar surface area (TPSA) is 21.3 Å². The Kier molecular flexibility index (Phi) is 2.89. The Hall–Kier alpha value is -0.0800. The van der Waals surface area contributed by atoms with E-state index >= 15 is 0 Å². The van der Waals surface area contributed by atoms with E-state index in [1.165, 1.54) is 32.1 Å². The number of hydrogen-bond acceptors (Lipinski definition) is 2. The normalized spacial score (nSPS) is 28.4. The van der Waals surface area contributed by atoms with Crippen LogP contribution < -0.4 is 5.32 Å². The monoisotopic (exact) mass is 183 g/mol. The van der Waals surface area contributed by atoms with Gasteiger partial charge in [0.15, 0.2) is 0 Å². The molecular weight excluding hydrogens is 162 g/mol. The SMILES string of the molecule is CC1(COC2CNC2)CCCCC1. The third kappa shape index (κ3) is 2.44. The molecule has 76 valence electrons. The fourth-order valence-electron chi connectivity index (χ4n) is 2.25. The summed E-state index contributed by atoms with van der Waals surface area (Å²) < 4.78 is 5.86. The lowest BCUT2D eigenvalue weighted by atomic mass is 9.76. The molecule has 0 radical (unpaired) electrons. The van der Waals surface area contributed by atoms with Crippen LogP contribution in [0.15, 0.2) is 0 Å². The maximum atomic E-state index is 5.86. The minimum absolute atomic E-state index is 0.494. The van der Waals surface area contributed by atoms with E-state index in [-0.39, 0.29) is 0 Å². The standard InChI is InChI=1S/C11H21NO/c1-11(5-3-2-4-6-11)9-13-10-7-12-8-10/h10,12H,2-9H2,1H3. The third-order valence-electron chi connectivity index (χ3n) is 3.47. The largest absolute Gasteiger partial charge is 0.375 e. The van der Waals surface area contributed by atoms with Gasteiger partial charge in [-0.1, -0.05) is 26.2 Å². The van der Waals surface area contributed by atoms with E-state index in [4.69, 9.17) is 4.74 Å². The molecule has 2 fully saturated rings. The molecule has 2 heteroatoms. The zero-order chi connectivity index (χ0) is 9.15. The third-order valence-corrected chi connectivity index (χ3v) is 3.47. The van der Waals surface area contributed by atoms with Gasteiger partial charge in [0.25, 0.3) is 0 Å². The van der Waals surface area contributed by atoms with Gasteiger partial charge in [0, 0.05) is 13.1 Å². The fraction of sp³-hybridized carbons (Fsp3) is 1.00. The van der Waals surface area contributed by atoms with Crippen LogP contribution in [0.1, 0.15) is 39.0 Å². The van der Waals surface area contributed by atoms with E-state index in [9.17, 15) is 0 Å². The summed E-state index contributed by atoms with van der Waals surface area (Å²) in [6.07, 6.45) is 7.49. The molecule has 0 aromatic heterocycles. The van der Waals surface area contributed by atoms with E-state index in [0.717, 1.165) is 19.7 Å². The molecule has 0 aromatic rings. The van der Waals surface area contributed by atoms with Gasteiger partial charge in [-0.3, -0.25) is 0 Å². The molecule has 0 bridgehead atoms. The molecule has 13 heavy (non-hydrogen) atoms. The van der Waals surface area contributed by atoms with E-state index in [0.29, 0.717) is 11.5 Å². The lowest BCUT2D eigenvalue weighted by Gasteiger charge is -2.36. The Balaban J connectivity index is 1.71. The second-order valence-corrected chi connectivity index (χ2v) is 4.96.